The third-order valence-electron chi connectivity index (χ3n) is 2.90. The summed E-state index contributed by atoms with van der Waals surface area (Å²) >= 11 is 2.02. The van der Waals surface area contributed by atoms with E-state index in [1.807, 2.05) is 11.8 Å². The molecule has 0 aliphatic carbocycles. The van der Waals surface area contributed by atoms with Crippen molar-refractivity contribution in [1.82, 2.24) is 10.3 Å². The zero-order valence-corrected chi connectivity index (χ0v) is 10.3. The van der Waals surface area contributed by atoms with Gasteiger partial charge in [0.2, 0.25) is 0 Å². The Labute approximate surface area is 100 Å². The average Bonchev–Trinajstić information content (AvgIpc) is 2.31. The van der Waals surface area contributed by atoms with Crippen LogP contribution in [-0.4, -0.2) is 22.5 Å². The van der Waals surface area contributed by atoms with Crippen molar-refractivity contribution in [3.05, 3.63) is 29.8 Å². The number of nitrogens with zero attached hydrogens (tertiary/aromatic N) is 1. The van der Waals surface area contributed by atoms with Crippen molar-refractivity contribution in [2.24, 2.45) is 0 Å². The van der Waals surface area contributed by atoms with Gasteiger partial charge in [0.25, 0.3) is 0 Å². The standard InChI is InChI=1S/C12H17FN2S/c1-9(12-3-2-10(13)8-14-12)15-11-4-6-16-7-5-11/h2-3,8-9,11,15H,4-7H2,1H3. The normalized spacial score (nSPS) is 19.6. The van der Waals surface area contributed by atoms with E-state index < -0.39 is 0 Å². The van der Waals surface area contributed by atoms with E-state index in [9.17, 15) is 4.39 Å². The Bertz CT molecular complexity index is 322. The average molecular weight is 240 g/mol. The first-order valence-corrected chi connectivity index (χ1v) is 6.86. The minimum absolute atomic E-state index is 0.202. The van der Waals surface area contributed by atoms with Gasteiger partial charge in [-0.05, 0) is 43.4 Å². The molecule has 2 heterocycles. The summed E-state index contributed by atoms with van der Waals surface area (Å²) in [6.07, 6.45) is 3.72. The number of nitrogens with one attached hydrogen (secondary N) is 1. The molecule has 0 amide bonds. The van der Waals surface area contributed by atoms with Gasteiger partial charge in [0.1, 0.15) is 5.82 Å². The lowest BCUT2D eigenvalue weighted by atomic mass is 10.1. The Kier molecular flexibility index (Phi) is 4.18. The molecule has 0 radical (unpaired) electrons. The van der Waals surface area contributed by atoms with Crippen LogP contribution in [0.3, 0.4) is 0 Å². The summed E-state index contributed by atoms with van der Waals surface area (Å²) in [7, 11) is 0. The van der Waals surface area contributed by atoms with E-state index in [1.54, 1.807) is 6.07 Å². The molecule has 1 atom stereocenters. The van der Waals surface area contributed by atoms with Gasteiger partial charge in [-0.15, -0.1) is 0 Å². The Morgan fingerprint density at radius 3 is 2.81 bits per heavy atom. The number of thioether (sulfide) groups is 1. The van der Waals surface area contributed by atoms with Gasteiger partial charge in [0, 0.05) is 12.1 Å². The van der Waals surface area contributed by atoms with Gasteiger partial charge < -0.3 is 5.32 Å². The van der Waals surface area contributed by atoms with E-state index in [1.165, 1.54) is 36.6 Å². The third kappa shape index (κ3) is 3.19. The van der Waals surface area contributed by atoms with Crippen molar-refractivity contribution in [1.29, 1.82) is 0 Å². The van der Waals surface area contributed by atoms with E-state index in [4.69, 9.17) is 0 Å². The molecule has 2 rings (SSSR count). The Balaban J connectivity index is 1.91. The minimum Gasteiger partial charge on any atom is -0.306 e. The molecule has 1 aliphatic heterocycles. The van der Waals surface area contributed by atoms with Crippen molar-refractivity contribution >= 4 is 11.8 Å². The molecule has 0 spiro atoms. The molecule has 1 aromatic heterocycles. The molecule has 1 saturated heterocycles. The SMILES string of the molecule is CC(NC1CCSCC1)c1ccc(F)cn1. The largest absolute Gasteiger partial charge is 0.306 e. The Morgan fingerprint density at radius 2 is 2.19 bits per heavy atom. The molecule has 1 N–H and O–H groups in total. The van der Waals surface area contributed by atoms with Gasteiger partial charge in [0.05, 0.1) is 11.9 Å². The van der Waals surface area contributed by atoms with Crippen LogP contribution in [0.15, 0.2) is 18.3 Å². The maximum absolute atomic E-state index is 12.7. The predicted molar refractivity (Wildman–Crippen MR) is 66.1 cm³/mol. The van der Waals surface area contributed by atoms with Crippen molar-refractivity contribution in [2.75, 3.05) is 11.5 Å². The summed E-state index contributed by atoms with van der Waals surface area (Å²) in [6, 6.07) is 4.01. The number of hydrogen-bond donors (Lipinski definition) is 1. The lowest BCUT2D eigenvalue weighted by Crippen LogP contribution is -2.34. The summed E-state index contributed by atoms with van der Waals surface area (Å²) in [4.78, 5) is 4.10. The maximum Gasteiger partial charge on any atom is 0.141 e. The number of halogens is 1. The molecule has 1 aromatic rings. The van der Waals surface area contributed by atoms with Crippen LogP contribution in [0.4, 0.5) is 4.39 Å². The summed E-state index contributed by atoms with van der Waals surface area (Å²) in [6.45, 7) is 2.09. The molecule has 2 nitrogen and oxygen atoms in total. The van der Waals surface area contributed by atoms with E-state index in [0.717, 1.165) is 5.69 Å². The summed E-state index contributed by atoms with van der Waals surface area (Å²) in [5.74, 6) is 2.20. The second-order valence-corrected chi connectivity index (χ2v) is 5.40. The smallest absolute Gasteiger partial charge is 0.141 e. The van der Waals surface area contributed by atoms with Crippen molar-refractivity contribution < 1.29 is 4.39 Å². The minimum atomic E-state index is -0.273. The van der Waals surface area contributed by atoms with Crippen LogP contribution in [0.5, 0.6) is 0 Å². The molecule has 0 bridgehead atoms. The van der Waals surface area contributed by atoms with Crippen molar-refractivity contribution in [3.8, 4) is 0 Å². The maximum atomic E-state index is 12.7. The van der Waals surface area contributed by atoms with Gasteiger partial charge in [-0.2, -0.15) is 11.8 Å². The number of rotatable bonds is 3. The molecule has 1 fully saturated rings. The number of aromatic nitrogens is 1. The lowest BCUT2D eigenvalue weighted by molar-refractivity contribution is 0.425. The quantitative estimate of drug-likeness (QED) is 0.879. The second kappa shape index (κ2) is 5.64. The second-order valence-electron chi connectivity index (χ2n) is 4.18. The highest BCUT2D eigenvalue weighted by Gasteiger charge is 2.16. The highest BCUT2D eigenvalue weighted by Crippen LogP contribution is 2.20. The van der Waals surface area contributed by atoms with Crippen molar-refractivity contribution in [2.45, 2.75) is 31.8 Å². The van der Waals surface area contributed by atoms with Crippen LogP contribution in [0, 0.1) is 5.82 Å². The summed E-state index contributed by atoms with van der Waals surface area (Å²) < 4.78 is 12.7. The zero-order chi connectivity index (χ0) is 11.4. The molecule has 16 heavy (non-hydrogen) atoms. The topological polar surface area (TPSA) is 24.9 Å². The van der Waals surface area contributed by atoms with E-state index >= 15 is 0 Å². The first-order chi connectivity index (χ1) is 7.75. The van der Waals surface area contributed by atoms with Crippen LogP contribution >= 0.6 is 11.8 Å². The van der Waals surface area contributed by atoms with E-state index in [2.05, 4.69) is 17.2 Å². The highest BCUT2D eigenvalue weighted by molar-refractivity contribution is 7.99. The van der Waals surface area contributed by atoms with Gasteiger partial charge in [-0.1, -0.05) is 0 Å². The fourth-order valence-corrected chi connectivity index (χ4v) is 3.05. The van der Waals surface area contributed by atoms with Crippen LogP contribution < -0.4 is 5.32 Å². The monoisotopic (exact) mass is 240 g/mol. The van der Waals surface area contributed by atoms with Crippen LogP contribution in [0.1, 0.15) is 31.5 Å². The first-order valence-electron chi connectivity index (χ1n) is 5.71. The van der Waals surface area contributed by atoms with Gasteiger partial charge in [0.15, 0.2) is 0 Å². The molecular weight excluding hydrogens is 223 g/mol. The first kappa shape index (κ1) is 11.9. The van der Waals surface area contributed by atoms with Crippen LogP contribution in [0.25, 0.3) is 0 Å². The summed E-state index contributed by atoms with van der Waals surface area (Å²) in [5, 5.41) is 3.56. The predicted octanol–water partition coefficient (Wildman–Crippen LogP) is 2.77. The molecule has 1 unspecified atom stereocenters. The molecule has 1 aliphatic rings. The molecule has 0 saturated carbocycles. The molecular formula is C12H17FN2S. The summed E-state index contributed by atoms with van der Waals surface area (Å²) in [5.41, 5.74) is 0.916. The van der Waals surface area contributed by atoms with Crippen molar-refractivity contribution in [3.63, 3.8) is 0 Å². The molecule has 0 aromatic carbocycles. The van der Waals surface area contributed by atoms with Gasteiger partial charge in [-0.25, -0.2) is 4.39 Å². The van der Waals surface area contributed by atoms with Crippen LogP contribution in [-0.2, 0) is 0 Å². The van der Waals surface area contributed by atoms with Gasteiger partial charge >= 0.3 is 0 Å². The lowest BCUT2D eigenvalue weighted by Gasteiger charge is -2.26. The highest BCUT2D eigenvalue weighted by atomic mass is 32.2. The molecule has 4 heteroatoms. The van der Waals surface area contributed by atoms with Gasteiger partial charge in [-0.3, -0.25) is 4.98 Å². The Hall–Kier alpha value is -0.610. The Morgan fingerprint density at radius 1 is 1.44 bits per heavy atom. The third-order valence-corrected chi connectivity index (χ3v) is 3.95. The molecule has 88 valence electrons. The van der Waals surface area contributed by atoms with E-state index in [0.29, 0.717) is 6.04 Å². The fraction of sp³-hybridized carbons (Fsp3) is 0.583. The number of pyridine rings is 1. The zero-order valence-electron chi connectivity index (χ0n) is 9.45. The number of hydrogen-bond acceptors (Lipinski definition) is 3. The van der Waals surface area contributed by atoms with Crippen LogP contribution in [0.2, 0.25) is 0 Å². The van der Waals surface area contributed by atoms with E-state index in [-0.39, 0.29) is 11.9 Å². The fourth-order valence-electron chi connectivity index (χ4n) is 1.95.